The van der Waals surface area contributed by atoms with Crippen LogP contribution < -0.4 is 10.6 Å². The molecule has 1 aromatic heterocycles. The van der Waals surface area contributed by atoms with E-state index >= 15 is 0 Å². The predicted octanol–water partition coefficient (Wildman–Crippen LogP) is 2.77. The molecular weight excluding hydrogens is 292 g/mol. The summed E-state index contributed by atoms with van der Waals surface area (Å²) in [7, 11) is 0. The molecule has 0 saturated carbocycles. The number of carbonyl (C=O) groups excluding carboxylic acids is 1. The van der Waals surface area contributed by atoms with Gasteiger partial charge in [-0.2, -0.15) is 5.10 Å². The van der Waals surface area contributed by atoms with Crippen LogP contribution in [-0.2, 0) is 17.8 Å². The van der Waals surface area contributed by atoms with Gasteiger partial charge in [-0.1, -0.05) is 30.3 Å². The molecule has 0 spiro atoms. The van der Waals surface area contributed by atoms with E-state index in [-0.39, 0.29) is 12.1 Å². The van der Waals surface area contributed by atoms with Gasteiger partial charge in [0.25, 0.3) is 0 Å². The van der Waals surface area contributed by atoms with Gasteiger partial charge in [-0.15, -0.1) is 0 Å². The third-order valence-electron chi connectivity index (χ3n) is 3.85. The molecule has 1 atom stereocenters. The van der Waals surface area contributed by atoms with Gasteiger partial charge in [-0.3, -0.25) is 4.68 Å². The molecule has 2 aromatic rings. The number of nitrogens with zero attached hydrogens (tertiary/aromatic N) is 2. The molecule has 6 heteroatoms. The van der Waals surface area contributed by atoms with E-state index in [0.29, 0.717) is 12.2 Å². The highest BCUT2D eigenvalue weighted by Crippen LogP contribution is 2.15. The van der Waals surface area contributed by atoms with Crippen LogP contribution in [0.25, 0.3) is 0 Å². The Hall–Kier alpha value is -2.34. The third kappa shape index (κ3) is 4.82. The van der Waals surface area contributed by atoms with Crippen LogP contribution in [0.1, 0.15) is 24.8 Å². The summed E-state index contributed by atoms with van der Waals surface area (Å²) in [6.07, 6.45) is 7.14. The minimum atomic E-state index is -0.234. The summed E-state index contributed by atoms with van der Waals surface area (Å²) in [6.45, 7) is 2.06. The first-order valence-electron chi connectivity index (χ1n) is 8.02. The van der Waals surface area contributed by atoms with Crippen molar-refractivity contribution in [3.8, 4) is 0 Å². The van der Waals surface area contributed by atoms with Gasteiger partial charge in [0.05, 0.1) is 24.5 Å². The van der Waals surface area contributed by atoms with E-state index < -0.39 is 0 Å². The highest BCUT2D eigenvalue weighted by Gasteiger charge is 2.15. The van der Waals surface area contributed by atoms with Gasteiger partial charge in [-0.25, -0.2) is 4.79 Å². The summed E-state index contributed by atoms with van der Waals surface area (Å²) in [5.41, 5.74) is 1.75. The smallest absolute Gasteiger partial charge is 0.319 e. The van der Waals surface area contributed by atoms with Crippen LogP contribution in [-0.4, -0.2) is 28.5 Å². The van der Waals surface area contributed by atoms with Crippen molar-refractivity contribution in [1.29, 1.82) is 0 Å². The number of amides is 2. The number of aromatic nitrogens is 2. The van der Waals surface area contributed by atoms with Gasteiger partial charge in [0.1, 0.15) is 0 Å². The molecule has 0 radical (unpaired) electrons. The maximum Gasteiger partial charge on any atom is 0.319 e. The van der Waals surface area contributed by atoms with E-state index in [2.05, 4.69) is 15.7 Å². The minimum Gasteiger partial charge on any atom is -0.376 e. The lowest BCUT2D eigenvalue weighted by Crippen LogP contribution is -2.28. The number of carbonyl (C=O) groups is 1. The zero-order chi connectivity index (χ0) is 15.9. The Balaban J connectivity index is 1.45. The maximum absolute atomic E-state index is 11.9. The molecule has 1 unspecified atom stereocenters. The van der Waals surface area contributed by atoms with Crippen molar-refractivity contribution < 1.29 is 9.53 Å². The second-order valence-electron chi connectivity index (χ2n) is 5.73. The molecule has 23 heavy (non-hydrogen) atoms. The lowest BCUT2D eigenvalue weighted by atomic mass is 10.1. The largest absolute Gasteiger partial charge is 0.376 e. The summed E-state index contributed by atoms with van der Waals surface area (Å²) in [4.78, 5) is 11.9. The number of nitrogens with one attached hydrogen (secondary N) is 2. The predicted molar refractivity (Wildman–Crippen MR) is 88.1 cm³/mol. The number of ether oxygens (including phenoxy) is 1. The van der Waals surface area contributed by atoms with E-state index in [0.717, 1.165) is 31.6 Å². The summed E-state index contributed by atoms with van der Waals surface area (Å²) in [5, 5.41) is 9.90. The standard InChI is InChI=1S/C17H22N4O2/c22-17(18-10-14-6-2-1-3-7-14)20-15-11-19-21(12-15)13-16-8-4-5-9-23-16/h1-3,6-7,11-12,16H,4-5,8-10,13H2,(H2,18,20,22). The molecule has 0 bridgehead atoms. The highest BCUT2D eigenvalue weighted by atomic mass is 16.5. The molecule has 2 N–H and O–H groups in total. The van der Waals surface area contributed by atoms with E-state index in [1.807, 2.05) is 41.2 Å². The van der Waals surface area contributed by atoms with E-state index in [4.69, 9.17) is 4.74 Å². The van der Waals surface area contributed by atoms with Crippen molar-refractivity contribution in [1.82, 2.24) is 15.1 Å². The number of benzene rings is 1. The Morgan fingerprint density at radius 1 is 1.30 bits per heavy atom. The van der Waals surface area contributed by atoms with Gasteiger partial charge in [-0.05, 0) is 24.8 Å². The first-order valence-corrected chi connectivity index (χ1v) is 8.02. The maximum atomic E-state index is 11.9. The van der Waals surface area contributed by atoms with Crippen LogP contribution in [0.2, 0.25) is 0 Å². The fourth-order valence-corrected chi connectivity index (χ4v) is 2.64. The van der Waals surface area contributed by atoms with Gasteiger partial charge in [0, 0.05) is 19.3 Å². The molecule has 2 amide bonds. The zero-order valence-corrected chi connectivity index (χ0v) is 13.1. The van der Waals surface area contributed by atoms with Crippen molar-refractivity contribution >= 4 is 11.7 Å². The molecule has 2 heterocycles. The second-order valence-corrected chi connectivity index (χ2v) is 5.73. The summed E-state index contributed by atoms with van der Waals surface area (Å²) in [6, 6.07) is 9.57. The van der Waals surface area contributed by atoms with Crippen molar-refractivity contribution in [3.63, 3.8) is 0 Å². The molecule has 1 fully saturated rings. The Kier molecular flexibility index (Phi) is 5.26. The lowest BCUT2D eigenvalue weighted by molar-refractivity contribution is 0.00401. The summed E-state index contributed by atoms with van der Waals surface area (Å²) >= 11 is 0. The molecule has 1 aromatic carbocycles. The van der Waals surface area contributed by atoms with Crippen LogP contribution in [0.15, 0.2) is 42.7 Å². The lowest BCUT2D eigenvalue weighted by Gasteiger charge is -2.22. The van der Waals surface area contributed by atoms with Crippen LogP contribution >= 0.6 is 0 Å². The fourth-order valence-electron chi connectivity index (χ4n) is 2.64. The molecular formula is C17H22N4O2. The number of hydrogen-bond acceptors (Lipinski definition) is 3. The average Bonchev–Trinajstić information content (AvgIpc) is 3.02. The Bertz CT molecular complexity index is 621. The zero-order valence-electron chi connectivity index (χ0n) is 13.1. The fraction of sp³-hybridized carbons (Fsp3) is 0.412. The average molecular weight is 314 g/mol. The Morgan fingerprint density at radius 2 is 2.17 bits per heavy atom. The summed E-state index contributed by atoms with van der Waals surface area (Å²) < 4.78 is 7.52. The molecule has 1 aliphatic rings. The van der Waals surface area contributed by atoms with Crippen LogP contribution in [0.5, 0.6) is 0 Å². The molecule has 122 valence electrons. The van der Waals surface area contributed by atoms with E-state index in [1.54, 1.807) is 6.20 Å². The highest BCUT2D eigenvalue weighted by molar-refractivity contribution is 5.88. The number of rotatable bonds is 5. The molecule has 0 aliphatic carbocycles. The van der Waals surface area contributed by atoms with Crippen LogP contribution in [0.3, 0.4) is 0 Å². The van der Waals surface area contributed by atoms with Crippen LogP contribution in [0.4, 0.5) is 10.5 Å². The summed E-state index contributed by atoms with van der Waals surface area (Å²) in [5.74, 6) is 0. The van der Waals surface area contributed by atoms with E-state index in [1.165, 1.54) is 6.42 Å². The molecule has 6 nitrogen and oxygen atoms in total. The van der Waals surface area contributed by atoms with Crippen molar-refractivity contribution in [2.75, 3.05) is 11.9 Å². The monoisotopic (exact) mass is 314 g/mol. The Morgan fingerprint density at radius 3 is 2.96 bits per heavy atom. The topological polar surface area (TPSA) is 68.2 Å². The first kappa shape index (κ1) is 15.6. The number of hydrogen-bond donors (Lipinski definition) is 2. The molecule has 1 saturated heterocycles. The van der Waals surface area contributed by atoms with Gasteiger partial charge in [0.15, 0.2) is 0 Å². The Labute approximate surface area is 135 Å². The van der Waals surface area contributed by atoms with Crippen molar-refractivity contribution in [3.05, 3.63) is 48.3 Å². The normalized spacial score (nSPS) is 17.7. The van der Waals surface area contributed by atoms with E-state index in [9.17, 15) is 4.79 Å². The minimum absolute atomic E-state index is 0.225. The number of urea groups is 1. The number of anilines is 1. The van der Waals surface area contributed by atoms with Gasteiger partial charge < -0.3 is 15.4 Å². The second kappa shape index (κ2) is 7.78. The molecule has 3 rings (SSSR count). The third-order valence-corrected chi connectivity index (χ3v) is 3.85. The van der Waals surface area contributed by atoms with Crippen LogP contribution in [0, 0.1) is 0 Å². The first-order chi connectivity index (χ1) is 11.3. The quantitative estimate of drug-likeness (QED) is 0.891. The van der Waals surface area contributed by atoms with Gasteiger partial charge in [0.2, 0.25) is 0 Å². The van der Waals surface area contributed by atoms with Crippen molar-refractivity contribution in [2.45, 2.75) is 38.5 Å². The molecule has 1 aliphatic heterocycles. The SMILES string of the molecule is O=C(NCc1ccccc1)Nc1cnn(CC2CCCCO2)c1. The van der Waals surface area contributed by atoms with Crippen molar-refractivity contribution in [2.24, 2.45) is 0 Å². The van der Waals surface area contributed by atoms with Gasteiger partial charge >= 0.3 is 6.03 Å².